The molecular formula is C13H12N6O2. The summed E-state index contributed by atoms with van der Waals surface area (Å²) in [5.74, 6) is -0.499. The summed E-state index contributed by atoms with van der Waals surface area (Å²) in [7, 11) is 0. The van der Waals surface area contributed by atoms with Gasteiger partial charge in [0, 0.05) is 5.56 Å². The lowest BCUT2D eigenvalue weighted by molar-refractivity contribution is 0.0520. The number of aromatic nitrogens is 6. The van der Waals surface area contributed by atoms with Crippen molar-refractivity contribution in [2.45, 2.75) is 6.92 Å². The van der Waals surface area contributed by atoms with Crippen molar-refractivity contribution in [3.05, 3.63) is 42.4 Å². The van der Waals surface area contributed by atoms with E-state index in [4.69, 9.17) is 4.74 Å². The number of H-pyrrole nitrogens is 1. The first-order valence-corrected chi connectivity index (χ1v) is 6.34. The highest BCUT2D eigenvalue weighted by molar-refractivity contribution is 5.93. The van der Waals surface area contributed by atoms with Gasteiger partial charge < -0.3 is 4.74 Å². The van der Waals surface area contributed by atoms with E-state index in [2.05, 4.69) is 25.7 Å². The highest BCUT2D eigenvalue weighted by Gasteiger charge is 2.18. The van der Waals surface area contributed by atoms with Gasteiger partial charge in [-0.05, 0) is 19.1 Å². The van der Waals surface area contributed by atoms with Gasteiger partial charge in [0.2, 0.25) is 0 Å². The Hall–Kier alpha value is -3.03. The zero-order chi connectivity index (χ0) is 14.7. The number of nitrogens with zero attached hydrogens (tertiary/aromatic N) is 5. The van der Waals surface area contributed by atoms with E-state index in [9.17, 15) is 4.79 Å². The number of esters is 1. The number of rotatable bonds is 4. The van der Waals surface area contributed by atoms with Crippen LogP contribution in [0.1, 0.15) is 17.4 Å². The number of nitrogens with one attached hydrogen (secondary N) is 1. The Balaban J connectivity index is 1.91. The van der Waals surface area contributed by atoms with Crippen LogP contribution in [0.4, 0.5) is 0 Å². The van der Waals surface area contributed by atoms with Crippen molar-refractivity contribution in [2.75, 3.05) is 6.61 Å². The van der Waals surface area contributed by atoms with Gasteiger partial charge in [-0.1, -0.05) is 17.3 Å². The minimum atomic E-state index is -0.499. The molecule has 0 radical (unpaired) electrons. The van der Waals surface area contributed by atoms with Gasteiger partial charge in [-0.3, -0.25) is 0 Å². The first-order chi connectivity index (χ1) is 10.3. The van der Waals surface area contributed by atoms with Crippen molar-refractivity contribution >= 4 is 5.97 Å². The van der Waals surface area contributed by atoms with Crippen molar-refractivity contribution < 1.29 is 9.53 Å². The molecule has 0 spiro atoms. The number of ether oxygens (including phenoxy) is 1. The zero-order valence-electron chi connectivity index (χ0n) is 11.2. The van der Waals surface area contributed by atoms with Gasteiger partial charge in [-0.15, -0.1) is 10.2 Å². The van der Waals surface area contributed by atoms with Crippen LogP contribution in [-0.4, -0.2) is 43.0 Å². The van der Waals surface area contributed by atoms with Gasteiger partial charge in [0.05, 0.1) is 24.7 Å². The third-order valence-electron chi connectivity index (χ3n) is 2.84. The molecule has 0 atom stereocenters. The number of hydrogen-bond donors (Lipinski definition) is 1. The number of benzene rings is 1. The van der Waals surface area contributed by atoms with Gasteiger partial charge in [-0.25, -0.2) is 9.48 Å². The van der Waals surface area contributed by atoms with Crippen molar-refractivity contribution in [2.24, 2.45) is 0 Å². The average Bonchev–Trinajstić information content (AvgIpc) is 3.19. The largest absolute Gasteiger partial charge is 0.461 e. The molecule has 0 bridgehead atoms. The van der Waals surface area contributed by atoms with E-state index < -0.39 is 5.97 Å². The van der Waals surface area contributed by atoms with Crippen molar-refractivity contribution in [3.8, 4) is 16.9 Å². The molecule has 2 aromatic heterocycles. The standard InChI is InChI=1S/C13H12N6O2/c1-2-21-13(20)12-11(15-17-16-12)9-3-5-10(6-4-9)19-8-7-14-18-19/h3-8H,2H2,1H3,(H,15,16,17). The van der Waals surface area contributed by atoms with Crippen LogP contribution in [0.15, 0.2) is 36.7 Å². The van der Waals surface area contributed by atoms with Gasteiger partial charge in [-0.2, -0.15) is 10.3 Å². The minimum absolute atomic E-state index is 0.172. The van der Waals surface area contributed by atoms with E-state index in [1.165, 1.54) is 0 Å². The Labute approximate surface area is 119 Å². The Bertz CT molecular complexity index is 732. The van der Waals surface area contributed by atoms with Crippen LogP contribution in [0.5, 0.6) is 0 Å². The molecule has 0 amide bonds. The predicted molar refractivity (Wildman–Crippen MR) is 72.7 cm³/mol. The fourth-order valence-corrected chi connectivity index (χ4v) is 1.89. The molecule has 3 aromatic rings. The van der Waals surface area contributed by atoms with E-state index in [0.29, 0.717) is 5.69 Å². The molecule has 8 heteroatoms. The van der Waals surface area contributed by atoms with Gasteiger partial charge in [0.25, 0.3) is 0 Å². The third-order valence-corrected chi connectivity index (χ3v) is 2.84. The van der Waals surface area contributed by atoms with Crippen LogP contribution >= 0.6 is 0 Å². The van der Waals surface area contributed by atoms with Gasteiger partial charge in [0.1, 0.15) is 5.69 Å². The molecule has 2 heterocycles. The smallest absolute Gasteiger partial charge is 0.361 e. The first-order valence-electron chi connectivity index (χ1n) is 6.34. The summed E-state index contributed by atoms with van der Waals surface area (Å²) in [5, 5.41) is 18.0. The van der Waals surface area contributed by atoms with Crippen LogP contribution in [-0.2, 0) is 4.74 Å². The first kappa shape index (κ1) is 13.0. The van der Waals surface area contributed by atoms with E-state index in [1.807, 2.05) is 24.3 Å². The summed E-state index contributed by atoms with van der Waals surface area (Å²) >= 11 is 0. The summed E-state index contributed by atoms with van der Waals surface area (Å²) in [6.07, 6.45) is 3.35. The molecule has 0 unspecified atom stereocenters. The normalized spacial score (nSPS) is 10.5. The molecule has 0 saturated carbocycles. The maximum Gasteiger partial charge on any atom is 0.361 e. The topological polar surface area (TPSA) is 98.6 Å². The van der Waals surface area contributed by atoms with E-state index >= 15 is 0 Å². The lowest BCUT2D eigenvalue weighted by atomic mass is 10.1. The fourth-order valence-electron chi connectivity index (χ4n) is 1.89. The minimum Gasteiger partial charge on any atom is -0.461 e. The van der Waals surface area contributed by atoms with Crippen LogP contribution in [0.3, 0.4) is 0 Å². The molecule has 3 rings (SSSR count). The van der Waals surface area contributed by atoms with Crippen molar-refractivity contribution in [3.63, 3.8) is 0 Å². The molecular weight excluding hydrogens is 272 g/mol. The molecule has 0 fully saturated rings. The van der Waals surface area contributed by atoms with Crippen LogP contribution in [0, 0.1) is 0 Å². The quantitative estimate of drug-likeness (QED) is 0.723. The second-order valence-electron chi connectivity index (χ2n) is 4.14. The van der Waals surface area contributed by atoms with Crippen LogP contribution in [0.2, 0.25) is 0 Å². The summed E-state index contributed by atoms with van der Waals surface area (Å²) in [6, 6.07) is 7.37. The molecule has 0 aliphatic carbocycles. The van der Waals surface area contributed by atoms with Crippen molar-refractivity contribution in [1.29, 1.82) is 0 Å². The number of aromatic amines is 1. The van der Waals surface area contributed by atoms with E-state index in [0.717, 1.165) is 11.3 Å². The molecule has 21 heavy (non-hydrogen) atoms. The molecule has 8 nitrogen and oxygen atoms in total. The number of hydrogen-bond acceptors (Lipinski definition) is 6. The van der Waals surface area contributed by atoms with E-state index in [1.54, 1.807) is 24.0 Å². The molecule has 1 aromatic carbocycles. The summed E-state index contributed by atoms with van der Waals surface area (Å²) < 4.78 is 6.58. The summed E-state index contributed by atoms with van der Waals surface area (Å²) in [4.78, 5) is 11.8. The maximum absolute atomic E-state index is 11.8. The molecule has 0 aliphatic rings. The maximum atomic E-state index is 11.8. The lowest BCUT2D eigenvalue weighted by Gasteiger charge is -2.03. The molecule has 106 valence electrons. The number of carbonyl (C=O) groups is 1. The SMILES string of the molecule is CCOC(=O)c1n[nH]nc1-c1ccc(-n2ccnn2)cc1. The number of carbonyl (C=O) groups excluding carboxylic acids is 1. The Morgan fingerprint density at radius 3 is 2.76 bits per heavy atom. The lowest BCUT2D eigenvalue weighted by Crippen LogP contribution is -2.06. The predicted octanol–water partition coefficient (Wildman–Crippen LogP) is 1.23. The molecule has 1 N–H and O–H groups in total. The van der Waals surface area contributed by atoms with Crippen LogP contribution < -0.4 is 0 Å². The van der Waals surface area contributed by atoms with Gasteiger partial charge in [0.15, 0.2) is 5.69 Å². The fraction of sp³-hybridized carbons (Fsp3) is 0.154. The molecule has 0 aliphatic heterocycles. The Morgan fingerprint density at radius 2 is 2.10 bits per heavy atom. The zero-order valence-corrected chi connectivity index (χ0v) is 11.2. The summed E-state index contributed by atoms with van der Waals surface area (Å²) in [5.41, 5.74) is 2.25. The highest BCUT2D eigenvalue weighted by atomic mass is 16.5. The Kier molecular flexibility index (Phi) is 3.42. The second-order valence-corrected chi connectivity index (χ2v) is 4.14. The Morgan fingerprint density at radius 1 is 1.29 bits per heavy atom. The van der Waals surface area contributed by atoms with Crippen molar-refractivity contribution in [1.82, 2.24) is 30.4 Å². The second kappa shape index (κ2) is 5.53. The highest BCUT2D eigenvalue weighted by Crippen LogP contribution is 2.21. The summed E-state index contributed by atoms with van der Waals surface area (Å²) in [6.45, 7) is 2.03. The van der Waals surface area contributed by atoms with Gasteiger partial charge >= 0.3 is 5.97 Å². The van der Waals surface area contributed by atoms with E-state index in [-0.39, 0.29) is 12.3 Å². The average molecular weight is 284 g/mol. The molecule has 0 saturated heterocycles. The van der Waals surface area contributed by atoms with Crippen LogP contribution in [0.25, 0.3) is 16.9 Å². The third kappa shape index (κ3) is 2.50. The monoisotopic (exact) mass is 284 g/mol.